The first-order chi connectivity index (χ1) is 10.8. The molecule has 110 valence electrons. The second kappa shape index (κ2) is 4.98. The van der Waals surface area contributed by atoms with E-state index in [1.807, 2.05) is 54.4 Å². The Bertz CT molecular complexity index is 782. The van der Waals surface area contributed by atoms with Gasteiger partial charge in [0.15, 0.2) is 0 Å². The molecular formula is C18H16N2O2. The highest BCUT2D eigenvalue weighted by molar-refractivity contribution is 6.14. The third-order valence-corrected chi connectivity index (χ3v) is 4.13. The van der Waals surface area contributed by atoms with E-state index in [1.165, 1.54) is 5.56 Å². The molecule has 0 bridgehead atoms. The summed E-state index contributed by atoms with van der Waals surface area (Å²) in [4.78, 5) is 19.3. The van der Waals surface area contributed by atoms with Crippen molar-refractivity contribution in [3.05, 3.63) is 53.6 Å². The minimum absolute atomic E-state index is 0.00509. The summed E-state index contributed by atoms with van der Waals surface area (Å²) in [5, 5.41) is 0. The maximum atomic E-state index is 13.0. The standard InChI is InChI=1S/C18H16N2O2/c1-2-22-14-7-8-15-16(10-14)19-11-13-9-12-5-3-4-6-17(12)20(13)18(15)21/h3-8,10-11,13H,2,9H2,1H3/t13-/m0/s1. The zero-order valence-corrected chi connectivity index (χ0v) is 12.3. The van der Waals surface area contributed by atoms with Gasteiger partial charge in [-0.25, -0.2) is 0 Å². The van der Waals surface area contributed by atoms with Crippen molar-refractivity contribution in [3.63, 3.8) is 0 Å². The lowest BCUT2D eigenvalue weighted by molar-refractivity contribution is 0.0987. The van der Waals surface area contributed by atoms with E-state index in [9.17, 15) is 4.79 Å². The van der Waals surface area contributed by atoms with Crippen molar-refractivity contribution >= 4 is 23.5 Å². The van der Waals surface area contributed by atoms with E-state index < -0.39 is 0 Å². The van der Waals surface area contributed by atoms with Gasteiger partial charge in [0.25, 0.3) is 5.91 Å². The molecule has 2 aromatic rings. The van der Waals surface area contributed by atoms with Crippen LogP contribution in [0.5, 0.6) is 5.75 Å². The molecular weight excluding hydrogens is 276 g/mol. The Morgan fingerprint density at radius 1 is 1.27 bits per heavy atom. The molecule has 0 saturated heterocycles. The van der Waals surface area contributed by atoms with Gasteiger partial charge in [0, 0.05) is 24.4 Å². The minimum atomic E-state index is -0.00663. The summed E-state index contributed by atoms with van der Waals surface area (Å²) >= 11 is 0. The Kier molecular flexibility index (Phi) is 2.96. The van der Waals surface area contributed by atoms with E-state index in [4.69, 9.17) is 4.74 Å². The molecule has 22 heavy (non-hydrogen) atoms. The van der Waals surface area contributed by atoms with E-state index in [-0.39, 0.29) is 11.9 Å². The fourth-order valence-electron chi connectivity index (χ4n) is 3.14. The largest absolute Gasteiger partial charge is 0.494 e. The average Bonchev–Trinajstić information content (AvgIpc) is 2.85. The number of fused-ring (bicyclic) bond motifs is 4. The number of para-hydroxylation sites is 1. The molecule has 0 N–H and O–H groups in total. The predicted molar refractivity (Wildman–Crippen MR) is 86.5 cm³/mol. The molecule has 0 radical (unpaired) electrons. The molecule has 4 heteroatoms. The van der Waals surface area contributed by atoms with Gasteiger partial charge in [-0.1, -0.05) is 18.2 Å². The molecule has 0 aliphatic carbocycles. The molecule has 0 saturated carbocycles. The molecule has 2 aromatic carbocycles. The maximum absolute atomic E-state index is 13.0. The quantitative estimate of drug-likeness (QED) is 0.851. The van der Waals surface area contributed by atoms with Crippen molar-refractivity contribution in [1.82, 2.24) is 0 Å². The predicted octanol–water partition coefficient (Wildman–Crippen LogP) is 3.37. The van der Waals surface area contributed by atoms with Crippen LogP contribution in [-0.4, -0.2) is 24.8 Å². The Hall–Kier alpha value is -2.62. The Labute approximate surface area is 129 Å². The van der Waals surface area contributed by atoms with E-state index in [0.717, 1.165) is 17.9 Å². The van der Waals surface area contributed by atoms with Crippen molar-refractivity contribution in [2.45, 2.75) is 19.4 Å². The molecule has 4 nitrogen and oxygen atoms in total. The fourth-order valence-corrected chi connectivity index (χ4v) is 3.14. The smallest absolute Gasteiger partial charge is 0.261 e. The molecule has 0 spiro atoms. The van der Waals surface area contributed by atoms with Gasteiger partial charge in [0.05, 0.1) is 23.9 Å². The van der Waals surface area contributed by atoms with E-state index >= 15 is 0 Å². The number of benzene rings is 2. The average molecular weight is 292 g/mol. The first-order valence-electron chi connectivity index (χ1n) is 7.50. The second-order valence-corrected chi connectivity index (χ2v) is 5.47. The summed E-state index contributed by atoms with van der Waals surface area (Å²) < 4.78 is 5.50. The van der Waals surface area contributed by atoms with E-state index in [0.29, 0.717) is 17.9 Å². The van der Waals surface area contributed by atoms with Crippen LogP contribution in [0, 0.1) is 0 Å². The monoisotopic (exact) mass is 292 g/mol. The molecule has 0 aromatic heterocycles. The molecule has 1 amide bonds. The van der Waals surface area contributed by atoms with Crippen LogP contribution in [0.1, 0.15) is 22.8 Å². The van der Waals surface area contributed by atoms with Gasteiger partial charge in [0.2, 0.25) is 0 Å². The lowest BCUT2D eigenvalue weighted by Gasteiger charge is -2.21. The Morgan fingerprint density at radius 3 is 3.00 bits per heavy atom. The van der Waals surface area contributed by atoms with E-state index in [2.05, 4.69) is 11.1 Å². The zero-order valence-electron chi connectivity index (χ0n) is 12.3. The summed E-state index contributed by atoms with van der Waals surface area (Å²) in [6.07, 6.45) is 2.69. The summed E-state index contributed by atoms with van der Waals surface area (Å²) in [7, 11) is 0. The number of anilines is 1. The van der Waals surface area contributed by atoms with Gasteiger partial charge < -0.3 is 4.74 Å². The van der Waals surface area contributed by atoms with Crippen molar-refractivity contribution in [1.29, 1.82) is 0 Å². The van der Waals surface area contributed by atoms with Gasteiger partial charge in [-0.15, -0.1) is 0 Å². The number of carbonyl (C=O) groups excluding carboxylic acids is 1. The van der Waals surface area contributed by atoms with Crippen LogP contribution in [0.15, 0.2) is 47.5 Å². The van der Waals surface area contributed by atoms with Crippen LogP contribution >= 0.6 is 0 Å². The lowest BCUT2D eigenvalue weighted by Crippen LogP contribution is -2.37. The van der Waals surface area contributed by atoms with Gasteiger partial charge in [0.1, 0.15) is 5.75 Å². The maximum Gasteiger partial charge on any atom is 0.261 e. The number of rotatable bonds is 2. The van der Waals surface area contributed by atoms with Gasteiger partial charge in [-0.05, 0) is 30.7 Å². The highest BCUT2D eigenvalue weighted by Gasteiger charge is 2.35. The molecule has 0 unspecified atom stereocenters. The summed E-state index contributed by atoms with van der Waals surface area (Å²) in [6, 6.07) is 13.5. The Balaban J connectivity index is 1.80. The van der Waals surface area contributed by atoms with Crippen molar-refractivity contribution in [3.8, 4) is 5.75 Å². The molecule has 2 aliphatic rings. The van der Waals surface area contributed by atoms with Crippen molar-refractivity contribution in [2.75, 3.05) is 11.5 Å². The van der Waals surface area contributed by atoms with Crippen LogP contribution in [0.3, 0.4) is 0 Å². The summed E-state index contributed by atoms with van der Waals surface area (Å²) in [5.74, 6) is 0.749. The number of hydrogen-bond donors (Lipinski definition) is 0. The highest BCUT2D eigenvalue weighted by atomic mass is 16.5. The van der Waals surface area contributed by atoms with Crippen molar-refractivity contribution in [2.24, 2.45) is 4.99 Å². The number of carbonyl (C=O) groups is 1. The number of hydrogen-bond acceptors (Lipinski definition) is 3. The SMILES string of the molecule is CCOc1ccc2c(c1)N=C[C@@H]1Cc3ccccc3N1C2=O. The normalized spacial score (nSPS) is 18.5. The van der Waals surface area contributed by atoms with E-state index in [1.54, 1.807) is 0 Å². The molecule has 4 rings (SSSR count). The van der Waals surface area contributed by atoms with Crippen molar-refractivity contribution < 1.29 is 9.53 Å². The third kappa shape index (κ3) is 1.91. The van der Waals surface area contributed by atoms with Crippen LogP contribution in [0.25, 0.3) is 0 Å². The second-order valence-electron chi connectivity index (χ2n) is 5.47. The number of aliphatic imine (C=N–C) groups is 1. The van der Waals surface area contributed by atoms with Crippen LogP contribution in [-0.2, 0) is 6.42 Å². The molecule has 1 atom stereocenters. The van der Waals surface area contributed by atoms with Gasteiger partial charge >= 0.3 is 0 Å². The van der Waals surface area contributed by atoms with Crippen LogP contribution in [0.2, 0.25) is 0 Å². The van der Waals surface area contributed by atoms with Gasteiger partial charge in [-0.3, -0.25) is 14.7 Å². The first kappa shape index (κ1) is 13.1. The molecule has 0 fully saturated rings. The fraction of sp³-hybridized carbons (Fsp3) is 0.222. The number of amides is 1. The van der Waals surface area contributed by atoms with Gasteiger partial charge in [-0.2, -0.15) is 0 Å². The Morgan fingerprint density at radius 2 is 2.14 bits per heavy atom. The topological polar surface area (TPSA) is 41.9 Å². The van der Waals surface area contributed by atoms with Crippen LogP contribution < -0.4 is 9.64 Å². The molecule has 2 heterocycles. The summed E-state index contributed by atoms with van der Waals surface area (Å²) in [5.41, 5.74) is 3.49. The summed E-state index contributed by atoms with van der Waals surface area (Å²) in [6.45, 7) is 2.53. The lowest BCUT2D eigenvalue weighted by atomic mass is 10.1. The zero-order chi connectivity index (χ0) is 15.1. The minimum Gasteiger partial charge on any atom is -0.494 e. The third-order valence-electron chi connectivity index (χ3n) is 4.13. The number of ether oxygens (including phenoxy) is 1. The number of nitrogens with zero attached hydrogens (tertiary/aromatic N) is 2. The van der Waals surface area contributed by atoms with Crippen LogP contribution in [0.4, 0.5) is 11.4 Å². The molecule has 2 aliphatic heterocycles. The highest BCUT2D eigenvalue weighted by Crippen LogP contribution is 2.37. The first-order valence-corrected chi connectivity index (χ1v) is 7.50.